The van der Waals surface area contributed by atoms with E-state index in [1.54, 1.807) is 0 Å². The first-order valence-corrected chi connectivity index (χ1v) is 8.44. The highest BCUT2D eigenvalue weighted by molar-refractivity contribution is 5.78. The summed E-state index contributed by atoms with van der Waals surface area (Å²) in [5.41, 5.74) is 0. The van der Waals surface area contributed by atoms with Crippen LogP contribution in [0.1, 0.15) is 45.4 Å². The first kappa shape index (κ1) is 15.2. The molecule has 0 radical (unpaired) electrons. The van der Waals surface area contributed by atoms with Gasteiger partial charge in [-0.05, 0) is 56.9 Å². The molecule has 0 bridgehead atoms. The van der Waals surface area contributed by atoms with Crippen molar-refractivity contribution >= 4 is 5.91 Å². The van der Waals surface area contributed by atoms with Crippen molar-refractivity contribution in [2.45, 2.75) is 57.5 Å². The van der Waals surface area contributed by atoms with Crippen LogP contribution in [0.5, 0.6) is 11.5 Å². The Morgan fingerprint density at radius 2 is 1.55 bits per heavy atom. The van der Waals surface area contributed by atoms with Crippen LogP contribution >= 0.6 is 0 Å². The summed E-state index contributed by atoms with van der Waals surface area (Å²) in [6, 6.07) is 8.38. The lowest BCUT2D eigenvalue weighted by atomic mass is 10.2. The van der Waals surface area contributed by atoms with Crippen molar-refractivity contribution in [1.82, 2.24) is 4.90 Å². The fraction of sp³-hybridized carbons (Fsp3) is 0.611. The van der Waals surface area contributed by atoms with Gasteiger partial charge in [0.25, 0.3) is 5.91 Å². The maximum atomic E-state index is 12.5. The van der Waals surface area contributed by atoms with Crippen LogP contribution < -0.4 is 9.47 Å². The van der Waals surface area contributed by atoms with Crippen molar-refractivity contribution in [3.63, 3.8) is 0 Å². The third-order valence-corrected chi connectivity index (χ3v) is 4.44. The third-order valence-electron chi connectivity index (χ3n) is 4.44. The summed E-state index contributed by atoms with van der Waals surface area (Å²) >= 11 is 0. The van der Waals surface area contributed by atoms with Crippen molar-refractivity contribution in [1.29, 1.82) is 0 Å². The van der Waals surface area contributed by atoms with E-state index in [1.807, 2.05) is 31.2 Å². The van der Waals surface area contributed by atoms with E-state index in [0.29, 0.717) is 18.7 Å². The summed E-state index contributed by atoms with van der Waals surface area (Å²) in [5.74, 6) is 1.69. The molecule has 2 aliphatic carbocycles. The Kier molecular flexibility index (Phi) is 4.86. The number of benzene rings is 1. The molecule has 0 unspecified atom stereocenters. The van der Waals surface area contributed by atoms with Crippen LogP contribution in [-0.2, 0) is 4.79 Å². The average Bonchev–Trinajstić information content (AvgIpc) is 3.21. The Hall–Kier alpha value is -1.71. The first-order valence-electron chi connectivity index (χ1n) is 8.44. The van der Waals surface area contributed by atoms with E-state index in [-0.39, 0.29) is 12.5 Å². The summed E-state index contributed by atoms with van der Waals surface area (Å²) in [5, 5.41) is 0. The third kappa shape index (κ3) is 3.73. The zero-order valence-electron chi connectivity index (χ0n) is 13.3. The van der Waals surface area contributed by atoms with Gasteiger partial charge >= 0.3 is 0 Å². The molecule has 1 aromatic rings. The van der Waals surface area contributed by atoms with E-state index in [1.165, 1.54) is 12.8 Å². The normalized spacial score (nSPS) is 18.2. The van der Waals surface area contributed by atoms with Crippen molar-refractivity contribution in [3.8, 4) is 11.5 Å². The molecular formula is C18H25NO3. The van der Waals surface area contributed by atoms with Crippen LogP contribution in [0.3, 0.4) is 0 Å². The minimum atomic E-state index is 0.140. The average molecular weight is 303 g/mol. The Labute approximate surface area is 132 Å². The molecule has 120 valence electrons. The Balaban J connectivity index is 1.53. The predicted molar refractivity (Wildman–Crippen MR) is 85.2 cm³/mol. The van der Waals surface area contributed by atoms with E-state index in [0.717, 1.165) is 37.2 Å². The molecule has 0 spiro atoms. The smallest absolute Gasteiger partial charge is 0.261 e. The fourth-order valence-corrected chi connectivity index (χ4v) is 3.26. The van der Waals surface area contributed by atoms with Crippen LogP contribution in [0.4, 0.5) is 0 Å². The number of carbonyl (C=O) groups is 1. The SMILES string of the molecule is CCOc1ccc(OCC(=O)N(C2CCCC2)C2CC2)cc1. The second-order valence-electron chi connectivity index (χ2n) is 6.16. The monoisotopic (exact) mass is 303 g/mol. The number of carbonyl (C=O) groups excluding carboxylic acids is 1. The number of hydrogen-bond acceptors (Lipinski definition) is 3. The Morgan fingerprint density at radius 1 is 1.00 bits per heavy atom. The van der Waals surface area contributed by atoms with Crippen LogP contribution in [-0.4, -0.2) is 36.1 Å². The van der Waals surface area contributed by atoms with E-state index < -0.39 is 0 Å². The maximum Gasteiger partial charge on any atom is 0.261 e. The van der Waals surface area contributed by atoms with E-state index in [4.69, 9.17) is 9.47 Å². The first-order chi connectivity index (χ1) is 10.8. The van der Waals surface area contributed by atoms with Gasteiger partial charge in [-0.1, -0.05) is 12.8 Å². The van der Waals surface area contributed by atoms with Crippen LogP contribution in [0.15, 0.2) is 24.3 Å². The lowest BCUT2D eigenvalue weighted by molar-refractivity contribution is -0.136. The van der Waals surface area contributed by atoms with Crippen molar-refractivity contribution in [3.05, 3.63) is 24.3 Å². The van der Waals surface area contributed by atoms with Gasteiger partial charge in [0.1, 0.15) is 11.5 Å². The molecular weight excluding hydrogens is 278 g/mol. The standard InChI is InChI=1S/C18H25NO3/c1-2-21-16-9-11-17(12-10-16)22-13-18(20)19(15-7-8-15)14-5-3-4-6-14/h9-12,14-15H,2-8,13H2,1H3. The van der Waals surface area contributed by atoms with Gasteiger partial charge in [-0.15, -0.1) is 0 Å². The molecule has 22 heavy (non-hydrogen) atoms. The van der Waals surface area contributed by atoms with Crippen molar-refractivity contribution < 1.29 is 14.3 Å². The zero-order valence-corrected chi connectivity index (χ0v) is 13.3. The highest BCUT2D eigenvalue weighted by atomic mass is 16.5. The molecule has 0 aliphatic heterocycles. The van der Waals surface area contributed by atoms with E-state index >= 15 is 0 Å². The molecule has 0 aromatic heterocycles. The Bertz CT molecular complexity index is 490. The lowest BCUT2D eigenvalue weighted by Crippen LogP contribution is -2.43. The van der Waals surface area contributed by atoms with Gasteiger partial charge in [-0.2, -0.15) is 0 Å². The van der Waals surface area contributed by atoms with Crippen molar-refractivity contribution in [2.75, 3.05) is 13.2 Å². The molecule has 0 saturated heterocycles. The molecule has 1 amide bonds. The second-order valence-corrected chi connectivity index (χ2v) is 6.16. The highest BCUT2D eigenvalue weighted by Gasteiger charge is 2.38. The van der Waals surface area contributed by atoms with Crippen LogP contribution in [0.25, 0.3) is 0 Å². The second kappa shape index (κ2) is 7.03. The van der Waals surface area contributed by atoms with Gasteiger partial charge in [-0.3, -0.25) is 4.79 Å². The molecule has 4 nitrogen and oxygen atoms in total. The van der Waals surface area contributed by atoms with Crippen LogP contribution in [0, 0.1) is 0 Å². The van der Waals surface area contributed by atoms with Gasteiger partial charge in [0.2, 0.25) is 0 Å². The van der Waals surface area contributed by atoms with Gasteiger partial charge in [-0.25, -0.2) is 0 Å². The molecule has 3 rings (SSSR count). The molecule has 2 fully saturated rings. The highest BCUT2D eigenvalue weighted by Crippen LogP contribution is 2.34. The lowest BCUT2D eigenvalue weighted by Gasteiger charge is -2.29. The molecule has 2 aliphatic rings. The molecule has 0 atom stereocenters. The van der Waals surface area contributed by atoms with Gasteiger partial charge in [0.15, 0.2) is 6.61 Å². The minimum absolute atomic E-state index is 0.140. The molecule has 2 saturated carbocycles. The maximum absolute atomic E-state index is 12.5. The van der Waals surface area contributed by atoms with Gasteiger partial charge in [0.05, 0.1) is 6.61 Å². The van der Waals surface area contributed by atoms with Gasteiger partial charge < -0.3 is 14.4 Å². The van der Waals surface area contributed by atoms with E-state index in [2.05, 4.69) is 4.90 Å². The molecule has 0 heterocycles. The minimum Gasteiger partial charge on any atom is -0.494 e. The molecule has 1 aromatic carbocycles. The quantitative estimate of drug-likeness (QED) is 0.775. The Morgan fingerprint density at radius 3 is 2.09 bits per heavy atom. The number of amides is 1. The fourth-order valence-electron chi connectivity index (χ4n) is 3.26. The molecule has 0 N–H and O–H groups in total. The van der Waals surface area contributed by atoms with Gasteiger partial charge in [0, 0.05) is 12.1 Å². The summed E-state index contributed by atoms with van der Waals surface area (Å²) in [7, 11) is 0. The van der Waals surface area contributed by atoms with Crippen LogP contribution in [0.2, 0.25) is 0 Å². The molecule has 4 heteroatoms. The number of rotatable bonds is 7. The summed E-state index contributed by atoms with van der Waals surface area (Å²) in [4.78, 5) is 14.6. The summed E-state index contributed by atoms with van der Waals surface area (Å²) in [6.07, 6.45) is 7.13. The largest absolute Gasteiger partial charge is 0.494 e. The number of hydrogen-bond donors (Lipinski definition) is 0. The predicted octanol–water partition coefficient (Wildman–Crippen LogP) is 3.40. The number of nitrogens with zero attached hydrogens (tertiary/aromatic N) is 1. The summed E-state index contributed by atoms with van der Waals surface area (Å²) in [6.45, 7) is 2.75. The van der Waals surface area contributed by atoms with Crippen molar-refractivity contribution in [2.24, 2.45) is 0 Å². The number of ether oxygens (including phenoxy) is 2. The van der Waals surface area contributed by atoms with E-state index in [9.17, 15) is 4.79 Å². The summed E-state index contributed by atoms with van der Waals surface area (Å²) < 4.78 is 11.1. The zero-order chi connectivity index (χ0) is 15.4. The topological polar surface area (TPSA) is 38.8 Å².